The molecule has 2 aliphatic rings. The van der Waals surface area contributed by atoms with Crippen molar-refractivity contribution in [2.24, 2.45) is 0 Å². The Morgan fingerprint density at radius 3 is 2.63 bits per heavy atom. The first-order chi connectivity index (χ1) is 9.02. The van der Waals surface area contributed by atoms with Crippen LogP contribution in [-0.4, -0.2) is 56.7 Å². The van der Waals surface area contributed by atoms with Crippen molar-refractivity contribution in [2.75, 3.05) is 12.3 Å². The van der Waals surface area contributed by atoms with Gasteiger partial charge in [-0.25, -0.2) is 9.59 Å². The summed E-state index contributed by atoms with van der Waals surface area (Å²) in [4.78, 5) is 27.3. The van der Waals surface area contributed by atoms with Crippen LogP contribution in [0.1, 0.15) is 39.5 Å². The zero-order valence-corrected chi connectivity index (χ0v) is 12.4. The molecule has 0 aromatic rings. The topological polar surface area (TPSA) is 60.9 Å². The third-order valence-electron chi connectivity index (χ3n) is 4.03. The van der Waals surface area contributed by atoms with E-state index >= 15 is 0 Å². The molecule has 1 N–H and O–H groups in total. The van der Waals surface area contributed by atoms with Crippen LogP contribution in [0.4, 0.5) is 4.79 Å². The van der Waals surface area contributed by atoms with Crippen LogP contribution in [0.2, 0.25) is 0 Å². The Morgan fingerprint density at radius 2 is 1.95 bits per heavy atom. The summed E-state index contributed by atoms with van der Waals surface area (Å²) in [5.41, 5.74) is 0. The summed E-state index contributed by atoms with van der Waals surface area (Å²) in [7, 11) is 0. The predicted molar refractivity (Wildman–Crippen MR) is 75.2 cm³/mol. The number of carbonyl (C=O) groups is 2. The number of urea groups is 1. The van der Waals surface area contributed by atoms with Gasteiger partial charge in [-0.05, 0) is 26.7 Å². The van der Waals surface area contributed by atoms with E-state index in [0.29, 0.717) is 5.75 Å². The van der Waals surface area contributed by atoms with Crippen molar-refractivity contribution in [1.29, 1.82) is 0 Å². The van der Waals surface area contributed by atoms with Crippen LogP contribution in [0.15, 0.2) is 0 Å². The molecule has 0 saturated carbocycles. The van der Waals surface area contributed by atoms with Crippen LogP contribution in [0.3, 0.4) is 0 Å². The lowest BCUT2D eigenvalue weighted by atomic mass is 10.1. The van der Waals surface area contributed by atoms with Crippen LogP contribution in [0.5, 0.6) is 0 Å². The molecule has 5 nitrogen and oxygen atoms in total. The maximum Gasteiger partial charge on any atom is 0.327 e. The van der Waals surface area contributed by atoms with E-state index in [1.165, 1.54) is 11.8 Å². The molecular weight excluding hydrogens is 264 g/mol. The van der Waals surface area contributed by atoms with Crippen molar-refractivity contribution < 1.29 is 14.7 Å². The van der Waals surface area contributed by atoms with E-state index in [9.17, 15) is 14.7 Å². The van der Waals surface area contributed by atoms with E-state index in [1.54, 1.807) is 4.90 Å². The standard InChI is InChI=1S/C13H22N2O3S/c1-9-6-4-3-5-7-14(9)13(18)15-10(2)19-8-11(15)12(16)17/h9-11H,3-8H2,1-2H3,(H,16,17). The Balaban J connectivity index is 2.14. The average molecular weight is 286 g/mol. The molecule has 0 spiro atoms. The van der Waals surface area contributed by atoms with Gasteiger partial charge in [-0.3, -0.25) is 4.90 Å². The minimum absolute atomic E-state index is 0.0518. The number of carboxylic acids is 1. The Morgan fingerprint density at radius 1 is 1.21 bits per heavy atom. The Labute approximate surface area is 118 Å². The molecule has 2 aliphatic heterocycles. The van der Waals surface area contributed by atoms with E-state index in [2.05, 4.69) is 6.92 Å². The van der Waals surface area contributed by atoms with Gasteiger partial charge in [0.15, 0.2) is 0 Å². The van der Waals surface area contributed by atoms with Crippen molar-refractivity contribution in [1.82, 2.24) is 9.80 Å². The molecule has 108 valence electrons. The van der Waals surface area contributed by atoms with Crippen LogP contribution in [0.25, 0.3) is 0 Å². The fourth-order valence-electron chi connectivity index (χ4n) is 2.83. The van der Waals surface area contributed by atoms with E-state index in [1.807, 2.05) is 11.8 Å². The molecule has 3 atom stereocenters. The zero-order valence-electron chi connectivity index (χ0n) is 11.5. The maximum absolute atomic E-state index is 12.7. The highest BCUT2D eigenvalue weighted by atomic mass is 32.2. The first kappa shape index (κ1) is 14.5. The van der Waals surface area contributed by atoms with E-state index in [4.69, 9.17) is 0 Å². The van der Waals surface area contributed by atoms with Crippen molar-refractivity contribution in [3.63, 3.8) is 0 Å². The highest BCUT2D eigenvalue weighted by molar-refractivity contribution is 8.00. The molecule has 2 heterocycles. The second-order valence-electron chi connectivity index (χ2n) is 5.37. The average Bonchev–Trinajstić information content (AvgIpc) is 2.61. The summed E-state index contributed by atoms with van der Waals surface area (Å²) in [6.45, 7) is 4.72. The lowest BCUT2D eigenvalue weighted by molar-refractivity contribution is -0.141. The quantitative estimate of drug-likeness (QED) is 0.803. The minimum Gasteiger partial charge on any atom is -0.480 e. The molecule has 0 aromatic heterocycles. The normalized spacial score (nSPS) is 32.2. The highest BCUT2D eigenvalue weighted by Crippen LogP contribution is 2.31. The number of amides is 2. The number of aliphatic carboxylic acids is 1. The van der Waals surface area contributed by atoms with Gasteiger partial charge in [-0.15, -0.1) is 11.8 Å². The molecule has 0 radical (unpaired) electrons. The SMILES string of the molecule is CC1CCCCCN1C(=O)N1C(C)SCC1C(=O)O. The van der Waals surface area contributed by atoms with Crippen LogP contribution in [0, 0.1) is 0 Å². The molecule has 0 aromatic carbocycles. The summed E-state index contributed by atoms with van der Waals surface area (Å²) in [6, 6.07) is -0.565. The molecular formula is C13H22N2O3S. The van der Waals surface area contributed by atoms with Gasteiger partial charge in [-0.2, -0.15) is 0 Å². The summed E-state index contributed by atoms with van der Waals surface area (Å²) >= 11 is 1.54. The van der Waals surface area contributed by atoms with Gasteiger partial charge >= 0.3 is 12.0 Å². The molecule has 19 heavy (non-hydrogen) atoms. The lowest BCUT2D eigenvalue weighted by Crippen LogP contribution is -2.53. The maximum atomic E-state index is 12.7. The van der Waals surface area contributed by atoms with Gasteiger partial charge in [0.05, 0.1) is 5.37 Å². The molecule has 0 aliphatic carbocycles. The Bertz CT molecular complexity index is 364. The van der Waals surface area contributed by atoms with Crippen molar-refractivity contribution >= 4 is 23.8 Å². The van der Waals surface area contributed by atoms with E-state index in [-0.39, 0.29) is 17.4 Å². The number of hydrogen-bond donors (Lipinski definition) is 1. The lowest BCUT2D eigenvalue weighted by Gasteiger charge is -2.35. The second-order valence-corrected chi connectivity index (χ2v) is 6.72. The van der Waals surface area contributed by atoms with Gasteiger partial charge in [0.2, 0.25) is 0 Å². The van der Waals surface area contributed by atoms with Gasteiger partial charge in [0.1, 0.15) is 6.04 Å². The molecule has 0 bridgehead atoms. The first-order valence-corrected chi connectivity index (χ1v) is 8.00. The predicted octanol–water partition coefficient (Wildman–Crippen LogP) is 2.22. The molecule has 6 heteroatoms. The number of rotatable bonds is 1. The fraction of sp³-hybridized carbons (Fsp3) is 0.846. The fourth-order valence-corrected chi connectivity index (χ4v) is 3.99. The number of carbonyl (C=O) groups excluding carboxylic acids is 1. The van der Waals surface area contributed by atoms with Crippen molar-refractivity contribution in [2.45, 2.75) is 57.0 Å². The first-order valence-electron chi connectivity index (χ1n) is 6.95. The van der Waals surface area contributed by atoms with Crippen molar-refractivity contribution in [3.05, 3.63) is 0 Å². The molecule has 2 saturated heterocycles. The number of thioether (sulfide) groups is 1. The van der Waals surface area contributed by atoms with Gasteiger partial charge in [0, 0.05) is 18.3 Å². The smallest absolute Gasteiger partial charge is 0.327 e. The van der Waals surface area contributed by atoms with Gasteiger partial charge < -0.3 is 10.0 Å². The van der Waals surface area contributed by atoms with E-state index in [0.717, 1.165) is 32.2 Å². The number of likely N-dealkylation sites (tertiary alicyclic amines) is 1. The second kappa shape index (κ2) is 6.03. The summed E-state index contributed by atoms with van der Waals surface area (Å²) in [6.07, 6.45) is 4.33. The number of nitrogens with zero attached hydrogens (tertiary/aromatic N) is 2. The largest absolute Gasteiger partial charge is 0.480 e. The summed E-state index contributed by atoms with van der Waals surface area (Å²) in [5.74, 6) is -0.405. The molecule has 3 unspecified atom stereocenters. The van der Waals surface area contributed by atoms with Crippen LogP contribution in [-0.2, 0) is 4.79 Å². The number of hydrogen-bond acceptors (Lipinski definition) is 3. The van der Waals surface area contributed by atoms with Gasteiger partial charge in [0.25, 0.3) is 0 Å². The minimum atomic E-state index is -0.896. The zero-order chi connectivity index (χ0) is 14.0. The van der Waals surface area contributed by atoms with Crippen LogP contribution >= 0.6 is 11.8 Å². The Hall–Kier alpha value is -0.910. The summed E-state index contributed by atoms with van der Waals surface area (Å²) < 4.78 is 0. The highest BCUT2D eigenvalue weighted by Gasteiger charge is 2.42. The number of carboxylic acid groups (broad SMARTS) is 1. The van der Waals surface area contributed by atoms with Crippen LogP contribution < -0.4 is 0 Å². The Kier molecular flexibility index (Phi) is 4.60. The molecule has 2 rings (SSSR count). The molecule has 2 fully saturated rings. The third kappa shape index (κ3) is 2.99. The third-order valence-corrected chi connectivity index (χ3v) is 5.25. The van der Waals surface area contributed by atoms with Gasteiger partial charge in [-0.1, -0.05) is 12.8 Å². The van der Waals surface area contributed by atoms with E-state index < -0.39 is 12.0 Å². The summed E-state index contributed by atoms with van der Waals surface area (Å²) in [5, 5.41) is 9.19. The van der Waals surface area contributed by atoms with Crippen molar-refractivity contribution in [3.8, 4) is 0 Å². The monoisotopic (exact) mass is 286 g/mol. The molecule has 2 amide bonds.